The number of hydrogen-bond donors (Lipinski definition) is 3. The fourth-order valence-electron chi connectivity index (χ4n) is 2.37. The maximum absolute atomic E-state index is 11.2. The fourth-order valence-corrected chi connectivity index (χ4v) is 2.66. The van der Waals surface area contributed by atoms with Gasteiger partial charge in [-0.05, 0) is 37.8 Å². The van der Waals surface area contributed by atoms with Gasteiger partial charge in [0.2, 0.25) is 0 Å². The maximum atomic E-state index is 11.2. The van der Waals surface area contributed by atoms with Gasteiger partial charge in [-0.25, -0.2) is 4.79 Å². The standard InChI is InChI=1S/C14H19ClN2O3/c15-12-8-9(16)7-11(14(18)19)13(12)17-5-4-10-3-1-2-6-20-10/h7-8,10,17H,1-6,16H2,(H,18,19). The third-order valence-electron chi connectivity index (χ3n) is 3.39. The van der Waals surface area contributed by atoms with E-state index in [9.17, 15) is 9.90 Å². The number of anilines is 2. The van der Waals surface area contributed by atoms with Crippen molar-refractivity contribution in [2.24, 2.45) is 0 Å². The highest BCUT2D eigenvalue weighted by Crippen LogP contribution is 2.29. The summed E-state index contributed by atoms with van der Waals surface area (Å²) < 4.78 is 5.63. The van der Waals surface area contributed by atoms with E-state index in [2.05, 4.69) is 5.32 Å². The molecule has 0 amide bonds. The van der Waals surface area contributed by atoms with Crippen molar-refractivity contribution in [3.05, 3.63) is 22.7 Å². The van der Waals surface area contributed by atoms with Gasteiger partial charge in [0.15, 0.2) is 0 Å². The minimum absolute atomic E-state index is 0.0968. The van der Waals surface area contributed by atoms with Crippen LogP contribution >= 0.6 is 11.6 Å². The van der Waals surface area contributed by atoms with Gasteiger partial charge in [0.25, 0.3) is 0 Å². The number of carboxylic acids is 1. The average Bonchev–Trinajstić information content (AvgIpc) is 2.41. The second-order valence-electron chi connectivity index (χ2n) is 4.93. The van der Waals surface area contributed by atoms with E-state index in [-0.39, 0.29) is 11.7 Å². The molecule has 1 fully saturated rings. The van der Waals surface area contributed by atoms with E-state index in [1.54, 1.807) is 6.07 Å². The zero-order chi connectivity index (χ0) is 14.5. The van der Waals surface area contributed by atoms with Crippen molar-refractivity contribution in [1.82, 2.24) is 0 Å². The van der Waals surface area contributed by atoms with E-state index in [1.807, 2.05) is 0 Å². The van der Waals surface area contributed by atoms with E-state index < -0.39 is 5.97 Å². The number of nitrogen functional groups attached to an aromatic ring is 1. The normalized spacial score (nSPS) is 18.8. The van der Waals surface area contributed by atoms with Gasteiger partial charge in [-0.2, -0.15) is 0 Å². The summed E-state index contributed by atoms with van der Waals surface area (Å²) in [6.07, 6.45) is 4.45. The highest BCUT2D eigenvalue weighted by Gasteiger charge is 2.16. The Labute approximate surface area is 123 Å². The molecule has 20 heavy (non-hydrogen) atoms. The molecule has 0 saturated carbocycles. The quantitative estimate of drug-likeness (QED) is 0.728. The predicted molar refractivity (Wildman–Crippen MR) is 79.5 cm³/mol. The van der Waals surface area contributed by atoms with E-state index in [0.29, 0.717) is 22.9 Å². The highest BCUT2D eigenvalue weighted by molar-refractivity contribution is 6.34. The van der Waals surface area contributed by atoms with Crippen LogP contribution in [0.5, 0.6) is 0 Å². The molecule has 1 unspecified atom stereocenters. The van der Waals surface area contributed by atoms with Gasteiger partial charge in [0.1, 0.15) is 0 Å². The van der Waals surface area contributed by atoms with Gasteiger partial charge in [-0.3, -0.25) is 0 Å². The largest absolute Gasteiger partial charge is 0.478 e. The number of hydrogen-bond acceptors (Lipinski definition) is 4. The molecule has 1 aliphatic heterocycles. The second kappa shape index (κ2) is 6.81. The minimum Gasteiger partial charge on any atom is -0.478 e. The molecule has 0 bridgehead atoms. The predicted octanol–water partition coefficient (Wildman–Crippen LogP) is 2.99. The molecule has 0 aromatic heterocycles. The molecular weight excluding hydrogens is 280 g/mol. The first-order chi connectivity index (χ1) is 9.58. The van der Waals surface area contributed by atoms with Crippen LogP contribution in [0.4, 0.5) is 11.4 Å². The second-order valence-corrected chi connectivity index (χ2v) is 5.34. The molecule has 1 aromatic carbocycles. The summed E-state index contributed by atoms with van der Waals surface area (Å²) in [6.45, 7) is 1.43. The average molecular weight is 299 g/mol. The Kier molecular flexibility index (Phi) is 5.09. The topological polar surface area (TPSA) is 84.6 Å². The van der Waals surface area contributed by atoms with Crippen LogP contribution in [0, 0.1) is 0 Å². The van der Waals surface area contributed by atoms with Crippen LogP contribution in [-0.2, 0) is 4.74 Å². The summed E-state index contributed by atoms with van der Waals surface area (Å²) in [4.78, 5) is 11.2. The van der Waals surface area contributed by atoms with Crippen LogP contribution in [-0.4, -0.2) is 30.3 Å². The van der Waals surface area contributed by atoms with Crippen molar-refractivity contribution in [2.75, 3.05) is 24.2 Å². The molecule has 5 nitrogen and oxygen atoms in total. The Bertz CT molecular complexity index is 488. The van der Waals surface area contributed by atoms with Crippen molar-refractivity contribution in [3.63, 3.8) is 0 Å². The summed E-state index contributed by atoms with van der Waals surface area (Å²) in [5.74, 6) is -1.05. The van der Waals surface area contributed by atoms with Crippen LogP contribution < -0.4 is 11.1 Å². The van der Waals surface area contributed by atoms with Crippen molar-refractivity contribution in [2.45, 2.75) is 31.8 Å². The molecular formula is C14H19ClN2O3. The zero-order valence-corrected chi connectivity index (χ0v) is 11.9. The molecule has 1 aliphatic rings. The first kappa shape index (κ1) is 14.9. The SMILES string of the molecule is Nc1cc(Cl)c(NCCC2CCCCO2)c(C(=O)O)c1. The number of nitrogens with one attached hydrogen (secondary N) is 1. The molecule has 1 heterocycles. The van der Waals surface area contributed by atoms with Gasteiger partial charge in [-0.15, -0.1) is 0 Å². The van der Waals surface area contributed by atoms with Crippen molar-refractivity contribution >= 4 is 28.9 Å². The molecule has 1 atom stereocenters. The number of benzene rings is 1. The molecule has 0 aliphatic carbocycles. The lowest BCUT2D eigenvalue weighted by Crippen LogP contribution is -2.22. The third-order valence-corrected chi connectivity index (χ3v) is 3.68. The molecule has 1 saturated heterocycles. The summed E-state index contributed by atoms with van der Waals surface area (Å²) in [5.41, 5.74) is 6.47. The summed E-state index contributed by atoms with van der Waals surface area (Å²) in [5, 5.41) is 12.6. The van der Waals surface area contributed by atoms with Gasteiger partial charge >= 0.3 is 5.97 Å². The van der Waals surface area contributed by atoms with Crippen molar-refractivity contribution < 1.29 is 14.6 Å². The third kappa shape index (κ3) is 3.77. The molecule has 110 valence electrons. The van der Waals surface area contributed by atoms with Crippen LogP contribution in [0.2, 0.25) is 5.02 Å². The van der Waals surface area contributed by atoms with Crippen molar-refractivity contribution in [3.8, 4) is 0 Å². The zero-order valence-electron chi connectivity index (χ0n) is 11.2. The number of nitrogens with two attached hydrogens (primary N) is 1. The van der Waals surface area contributed by atoms with Crippen LogP contribution in [0.15, 0.2) is 12.1 Å². The minimum atomic E-state index is -1.05. The number of rotatable bonds is 5. The van der Waals surface area contributed by atoms with Crippen LogP contribution in [0.25, 0.3) is 0 Å². The Morgan fingerprint density at radius 1 is 1.50 bits per heavy atom. The lowest BCUT2D eigenvalue weighted by atomic mass is 10.1. The number of carboxylic acid groups (broad SMARTS) is 1. The summed E-state index contributed by atoms with van der Waals surface area (Å²) in [6, 6.07) is 2.96. The van der Waals surface area contributed by atoms with Crippen LogP contribution in [0.3, 0.4) is 0 Å². The monoisotopic (exact) mass is 298 g/mol. The molecule has 1 aromatic rings. The summed E-state index contributed by atoms with van der Waals surface area (Å²) in [7, 11) is 0. The Balaban J connectivity index is 1.99. The van der Waals surface area contributed by atoms with Gasteiger partial charge in [-0.1, -0.05) is 11.6 Å². The number of carbonyl (C=O) groups is 1. The molecule has 6 heteroatoms. The maximum Gasteiger partial charge on any atom is 0.337 e. The van der Waals surface area contributed by atoms with E-state index in [0.717, 1.165) is 25.9 Å². The molecule has 2 rings (SSSR count). The van der Waals surface area contributed by atoms with E-state index in [4.69, 9.17) is 22.1 Å². The molecule has 4 N–H and O–H groups in total. The molecule has 0 spiro atoms. The van der Waals surface area contributed by atoms with Crippen molar-refractivity contribution in [1.29, 1.82) is 0 Å². The van der Waals surface area contributed by atoms with Crippen LogP contribution in [0.1, 0.15) is 36.0 Å². The Hall–Kier alpha value is -1.46. The van der Waals surface area contributed by atoms with E-state index >= 15 is 0 Å². The molecule has 0 radical (unpaired) electrons. The van der Waals surface area contributed by atoms with Gasteiger partial charge in [0.05, 0.1) is 22.4 Å². The lowest BCUT2D eigenvalue weighted by molar-refractivity contribution is 0.0134. The fraction of sp³-hybridized carbons (Fsp3) is 0.500. The number of aromatic carboxylic acids is 1. The highest BCUT2D eigenvalue weighted by atomic mass is 35.5. The number of halogens is 1. The lowest BCUT2D eigenvalue weighted by Gasteiger charge is -2.23. The first-order valence-corrected chi connectivity index (χ1v) is 7.13. The Morgan fingerprint density at radius 3 is 2.95 bits per heavy atom. The number of ether oxygens (including phenoxy) is 1. The van der Waals surface area contributed by atoms with Gasteiger partial charge < -0.3 is 20.9 Å². The van der Waals surface area contributed by atoms with E-state index in [1.165, 1.54) is 12.5 Å². The Morgan fingerprint density at radius 2 is 2.30 bits per heavy atom. The first-order valence-electron chi connectivity index (χ1n) is 6.75. The smallest absolute Gasteiger partial charge is 0.337 e. The van der Waals surface area contributed by atoms with Gasteiger partial charge in [0, 0.05) is 18.8 Å². The summed E-state index contributed by atoms with van der Waals surface area (Å²) >= 11 is 6.06.